The topological polar surface area (TPSA) is 12.0 Å². The summed E-state index contributed by atoms with van der Waals surface area (Å²) in [6.07, 6.45) is 0. The molecule has 1 unspecified atom stereocenters. The van der Waals surface area contributed by atoms with Crippen molar-refractivity contribution in [2.24, 2.45) is 0 Å². The van der Waals surface area contributed by atoms with Gasteiger partial charge in [-0.25, -0.2) is 0 Å². The molecule has 0 amide bonds. The van der Waals surface area contributed by atoms with Crippen molar-refractivity contribution >= 4 is 21.6 Å². The molecule has 0 bridgehead atoms. The number of nitrogens with one attached hydrogen (secondary N) is 1. The van der Waals surface area contributed by atoms with Crippen molar-refractivity contribution in [1.29, 1.82) is 0 Å². The lowest BCUT2D eigenvalue weighted by Crippen LogP contribution is -2.08. The summed E-state index contributed by atoms with van der Waals surface area (Å²) >= 11 is 3.50. The van der Waals surface area contributed by atoms with Crippen LogP contribution in [-0.4, -0.2) is 0 Å². The number of anilines is 1. The molecule has 0 aliphatic rings. The van der Waals surface area contributed by atoms with E-state index in [4.69, 9.17) is 0 Å². The fourth-order valence-electron chi connectivity index (χ4n) is 2.14. The summed E-state index contributed by atoms with van der Waals surface area (Å²) in [7, 11) is 0. The maximum atomic E-state index is 3.58. The molecule has 2 aromatic carbocycles. The molecule has 0 saturated heterocycles. The van der Waals surface area contributed by atoms with Gasteiger partial charge in [-0.15, -0.1) is 0 Å². The minimum atomic E-state index is 0.305. The molecule has 1 N–H and O–H groups in total. The van der Waals surface area contributed by atoms with Crippen molar-refractivity contribution in [3.8, 4) is 0 Å². The Morgan fingerprint density at radius 2 is 1.63 bits per heavy atom. The average molecular weight is 318 g/mol. The molecule has 0 spiro atoms. The summed E-state index contributed by atoms with van der Waals surface area (Å²) < 4.78 is 1.12. The van der Waals surface area contributed by atoms with Crippen molar-refractivity contribution in [3.63, 3.8) is 0 Å². The third kappa shape index (κ3) is 3.38. The van der Waals surface area contributed by atoms with E-state index in [1.807, 2.05) is 0 Å². The Hall–Kier alpha value is -1.28. The fourth-order valence-corrected chi connectivity index (χ4v) is 2.62. The van der Waals surface area contributed by atoms with E-state index in [-0.39, 0.29) is 0 Å². The van der Waals surface area contributed by atoms with Crippen LogP contribution in [0.1, 0.15) is 35.2 Å². The predicted octanol–water partition coefficient (Wildman–Crippen LogP) is 5.55. The molecular formula is C17H20BrN. The van der Waals surface area contributed by atoms with E-state index in [0.29, 0.717) is 6.04 Å². The van der Waals surface area contributed by atoms with Gasteiger partial charge in [0.1, 0.15) is 0 Å². The molecule has 0 fully saturated rings. The lowest BCUT2D eigenvalue weighted by molar-refractivity contribution is 0.879. The summed E-state index contributed by atoms with van der Waals surface area (Å²) in [5, 5.41) is 3.58. The number of rotatable bonds is 3. The minimum Gasteiger partial charge on any atom is -0.378 e. The van der Waals surface area contributed by atoms with Crippen molar-refractivity contribution < 1.29 is 0 Å². The van der Waals surface area contributed by atoms with Gasteiger partial charge >= 0.3 is 0 Å². The number of halogens is 1. The number of aryl methyl sites for hydroxylation is 3. The quantitative estimate of drug-likeness (QED) is 0.782. The highest BCUT2D eigenvalue weighted by atomic mass is 79.9. The molecule has 0 heterocycles. The molecule has 19 heavy (non-hydrogen) atoms. The first-order valence-electron chi connectivity index (χ1n) is 6.57. The molecule has 100 valence electrons. The highest BCUT2D eigenvalue weighted by Gasteiger charge is 2.08. The zero-order valence-electron chi connectivity index (χ0n) is 11.9. The maximum absolute atomic E-state index is 3.58. The molecule has 2 rings (SSSR count). The van der Waals surface area contributed by atoms with Crippen LogP contribution in [0.2, 0.25) is 0 Å². The molecule has 0 aliphatic carbocycles. The van der Waals surface area contributed by atoms with Crippen LogP contribution in [-0.2, 0) is 0 Å². The SMILES string of the molecule is Cc1ccc(C(C)Nc2ccc(Br)cc2C)cc1C. The van der Waals surface area contributed by atoms with E-state index in [1.165, 1.54) is 27.9 Å². The molecular weight excluding hydrogens is 298 g/mol. The van der Waals surface area contributed by atoms with E-state index < -0.39 is 0 Å². The summed E-state index contributed by atoms with van der Waals surface area (Å²) in [5.41, 5.74) is 6.46. The second kappa shape index (κ2) is 5.79. The maximum Gasteiger partial charge on any atom is 0.0485 e. The first-order chi connectivity index (χ1) is 8.97. The van der Waals surface area contributed by atoms with Crippen LogP contribution in [0.25, 0.3) is 0 Å². The molecule has 0 radical (unpaired) electrons. The molecule has 0 saturated carbocycles. The first kappa shape index (κ1) is 14.1. The Kier molecular flexibility index (Phi) is 4.31. The second-order valence-electron chi connectivity index (χ2n) is 5.17. The molecule has 0 aromatic heterocycles. The Morgan fingerprint density at radius 3 is 2.26 bits per heavy atom. The van der Waals surface area contributed by atoms with E-state index in [9.17, 15) is 0 Å². The molecule has 1 nitrogen and oxygen atoms in total. The number of hydrogen-bond donors (Lipinski definition) is 1. The van der Waals surface area contributed by atoms with Gasteiger partial charge in [0.05, 0.1) is 0 Å². The Labute approximate surface area is 124 Å². The Morgan fingerprint density at radius 1 is 0.895 bits per heavy atom. The van der Waals surface area contributed by atoms with Crippen molar-refractivity contribution in [2.75, 3.05) is 5.32 Å². The Balaban J connectivity index is 2.20. The largest absolute Gasteiger partial charge is 0.378 e. The van der Waals surface area contributed by atoms with Gasteiger partial charge in [0.15, 0.2) is 0 Å². The highest BCUT2D eigenvalue weighted by molar-refractivity contribution is 9.10. The van der Waals surface area contributed by atoms with Gasteiger partial charge < -0.3 is 5.32 Å². The smallest absolute Gasteiger partial charge is 0.0485 e. The molecule has 0 aliphatic heterocycles. The average Bonchev–Trinajstić information content (AvgIpc) is 2.36. The van der Waals surface area contributed by atoms with Crippen molar-refractivity contribution in [2.45, 2.75) is 33.7 Å². The number of benzene rings is 2. The lowest BCUT2D eigenvalue weighted by Gasteiger charge is -2.18. The zero-order valence-corrected chi connectivity index (χ0v) is 13.5. The zero-order chi connectivity index (χ0) is 14.0. The third-order valence-electron chi connectivity index (χ3n) is 3.59. The summed E-state index contributed by atoms with van der Waals surface area (Å²) in [6.45, 7) is 8.64. The monoisotopic (exact) mass is 317 g/mol. The van der Waals surface area contributed by atoms with Crippen LogP contribution >= 0.6 is 15.9 Å². The third-order valence-corrected chi connectivity index (χ3v) is 4.08. The van der Waals surface area contributed by atoms with Gasteiger partial charge in [-0.1, -0.05) is 34.1 Å². The van der Waals surface area contributed by atoms with Crippen molar-refractivity contribution in [1.82, 2.24) is 0 Å². The van der Waals surface area contributed by atoms with Crippen LogP contribution < -0.4 is 5.32 Å². The van der Waals surface area contributed by atoms with E-state index in [0.717, 1.165) is 4.47 Å². The van der Waals surface area contributed by atoms with Crippen LogP contribution in [0.4, 0.5) is 5.69 Å². The van der Waals surface area contributed by atoms with Crippen LogP contribution in [0.5, 0.6) is 0 Å². The van der Waals surface area contributed by atoms with Gasteiger partial charge in [0.25, 0.3) is 0 Å². The van der Waals surface area contributed by atoms with Crippen LogP contribution in [0.15, 0.2) is 40.9 Å². The molecule has 1 atom stereocenters. The molecule has 2 heteroatoms. The summed E-state index contributed by atoms with van der Waals surface area (Å²) in [6, 6.07) is 13.3. The first-order valence-corrected chi connectivity index (χ1v) is 7.36. The van der Waals surface area contributed by atoms with Gasteiger partial charge in [0.2, 0.25) is 0 Å². The minimum absolute atomic E-state index is 0.305. The normalized spacial score (nSPS) is 12.3. The second-order valence-corrected chi connectivity index (χ2v) is 6.08. The van der Waals surface area contributed by atoms with Gasteiger partial charge in [-0.2, -0.15) is 0 Å². The van der Waals surface area contributed by atoms with E-state index in [1.54, 1.807) is 0 Å². The standard InChI is InChI=1S/C17H20BrN/c1-11-5-6-15(9-12(11)2)14(4)19-17-8-7-16(18)10-13(17)3/h5-10,14,19H,1-4H3. The van der Waals surface area contributed by atoms with Crippen molar-refractivity contribution in [3.05, 3.63) is 63.1 Å². The summed E-state index contributed by atoms with van der Waals surface area (Å²) in [5.74, 6) is 0. The Bertz CT molecular complexity index is 590. The predicted molar refractivity (Wildman–Crippen MR) is 86.8 cm³/mol. The van der Waals surface area contributed by atoms with E-state index in [2.05, 4.69) is 85.3 Å². The van der Waals surface area contributed by atoms with Crippen LogP contribution in [0, 0.1) is 20.8 Å². The van der Waals surface area contributed by atoms with Gasteiger partial charge in [0, 0.05) is 16.2 Å². The summed E-state index contributed by atoms with van der Waals surface area (Å²) in [4.78, 5) is 0. The van der Waals surface area contributed by atoms with Gasteiger partial charge in [-0.3, -0.25) is 0 Å². The van der Waals surface area contributed by atoms with Gasteiger partial charge in [-0.05, 0) is 68.1 Å². The van der Waals surface area contributed by atoms with Crippen LogP contribution in [0.3, 0.4) is 0 Å². The van der Waals surface area contributed by atoms with E-state index >= 15 is 0 Å². The lowest BCUT2D eigenvalue weighted by atomic mass is 10.0. The molecule has 2 aromatic rings. The highest BCUT2D eigenvalue weighted by Crippen LogP contribution is 2.25. The fraction of sp³-hybridized carbons (Fsp3) is 0.294. The number of hydrogen-bond acceptors (Lipinski definition) is 1.